The van der Waals surface area contributed by atoms with Gasteiger partial charge in [-0.3, -0.25) is 0 Å². The van der Waals surface area contributed by atoms with Crippen LogP contribution in [-0.2, 0) is 16.2 Å². The smallest absolute Gasteiger partial charge is 0.340 e. The average Bonchev–Trinajstić information content (AvgIpc) is 2.68. The highest BCUT2D eigenvalue weighted by Gasteiger charge is 2.17. The molecule has 0 bridgehead atoms. The van der Waals surface area contributed by atoms with Crippen molar-refractivity contribution in [2.75, 3.05) is 14.2 Å². The lowest BCUT2D eigenvalue weighted by Gasteiger charge is -2.06. The lowest BCUT2D eigenvalue weighted by atomic mass is 10.2. The van der Waals surface area contributed by atoms with Crippen molar-refractivity contribution in [1.29, 1.82) is 0 Å². The van der Waals surface area contributed by atoms with Gasteiger partial charge in [-0.05, 0) is 13.0 Å². The second-order valence-electron chi connectivity index (χ2n) is 3.85. The zero-order chi connectivity index (χ0) is 13.3. The van der Waals surface area contributed by atoms with Gasteiger partial charge in [-0.15, -0.1) is 0 Å². The van der Waals surface area contributed by atoms with E-state index in [1.807, 2.05) is 17.6 Å². The second-order valence-corrected chi connectivity index (χ2v) is 4.22. The molecule has 0 radical (unpaired) electrons. The number of ether oxygens (including phenoxy) is 2. The van der Waals surface area contributed by atoms with Crippen molar-refractivity contribution in [3.63, 3.8) is 0 Å². The van der Waals surface area contributed by atoms with Crippen molar-refractivity contribution in [3.8, 4) is 0 Å². The van der Waals surface area contributed by atoms with Gasteiger partial charge in [0.15, 0.2) is 0 Å². The molecule has 0 spiro atoms. The summed E-state index contributed by atoms with van der Waals surface area (Å²) < 4.78 is 11.6. The molecule has 2 aromatic heterocycles. The molecule has 0 aromatic carbocycles. The first-order valence-corrected chi connectivity index (χ1v) is 5.69. The van der Waals surface area contributed by atoms with Crippen molar-refractivity contribution in [3.05, 3.63) is 28.5 Å². The molecule has 2 aromatic rings. The van der Waals surface area contributed by atoms with Gasteiger partial charge in [0.2, 0.25) is 0 Å². The van der Waals surface area contributed by atoms with E-state index in [0.717, 1.165) is 5.69 Å². The first kappa shape index (κ1) is 12.9. The van der Waals surface area contributed by atoms with Crippen molar-refractivity contribution in [2.45, 2.75) is 13.7 Å². The standard InChI is InChI=1S/C12H13ClN2O3/c1-7-4-8-10(13)9(12(16)18-3)5-14-11(8)15(7)6-17-2/h4-5H,6H2,1-3H3. The fourth-order valence-electron chi connectivity index (χ4n) is 1.84. The summed E-state index contributed by atoms with van der Waals surface area (Å²) >= 11 is 6.21. The van der Waals surface area contributed by atoms with Crippen LogP contribution in [0.25, 0.3) is 11.0 Å². The molecule has 96 valence electrons. The number of methoxy groups -OCH3 is 2. The first-order chi connectivity index (χ1) is 8.60. The SMILES string of the molecule is COCn1c(C)cc2c(Cl)c(C(=O)OC)cnc21. The number of rotatable bonds is 3. The maximum absolute atomic E-state index is 11.5. The third-order valence-electron chi connectivity index (χ3n) is 2.73. The van der Waals surface area contributed by atoms with E-state index in [0.29, 0.717) is 22.8 Å². The van der Waals surface area contributed by atoms with Gasteiger partial charge in [-0.2, -0.15) is 0 Å². The van der Waals surface area contributed by atoms with Gasteiger partial charge in [-0.1, -0.05) is 11.6 Å². The van der Waals surface area contributed by atoms with Crippen molar-refractivity contribution >= 4 is 28.6 Å². The van der Waals surface area contributed by atoms with E-state index >= 15 is 0 Å². The Morgan fingerprint density at radius 3 is 2.83 bits per heavy atom. The minimum Gasteiger partial charge on any atom is -0.465 e. The van der Waals surface area contributed by atoms with Gasteiger partial charge in [0.1, 0.15) is 12.4 Å². The molecule has 0 atom stereocenters. The van der Waals surface area contributed by atoms with Crippen molar-refractivity contribution < 1.29 is 14.3 Å². The Kier molecular flexibility index (Phi) is 3.54. The highest BCUT2D eigenvalue weighted by Crippen LogP contribution is 2.28. The lowest BCUT2D eigenvalue weighted by Crippen LogP contribution is -2.05. The number of nitrogens with zero attached hydrogens (tertiary/aromatic N) is 2. The molecule has 2 rings (SSSR count). The number of hydrogen-bond acceptors (Lipinski definition) is 4. The van der Waals surface area contributed by atoms with Crippen molar-refractivity contribution in [1.82, 2.24) is 9.55 Å². The third-order valence-corrected chi connectivity index (χ3v) is 3.14. The maximum atomic E-state index is 11.5. The van der Waals surface area contributed by atoms with Gasteiger partial charge < -0.3 is 14.0 Å². The highest BCUT2D eigenvalue weighted by atomic mass is 35.5. The topological polar surface area (TPSA) is 53.4 Å². The summed E-state index contributed by atoms with van der Waals surface area (Å²) in [6.07, 6.45) is 1.42. The fraction of sp³-hybridized carbons (Fsp3) is 0.333. The monoisotopic (exact) mass is 268 g/mol. The van der Waals surface area contributed by atoms with Crippen LogP contribution in [0, 0.1) is 6.92 Å². The largest absolute Gasteiger partial charge is 0.465 e. The molecule has 0 fully saturated rings. The fourth-order valence-corrected chi connectivity index (χ4v) is 2.10. The zero-order valence-corrected chi connectivity index (χ0v) is 11.1. The Morgan fingerprint density at radius 1 is 1.50 bits per heavy atom. The van der Waals surface area contributed by atoms with E-state index in [2.05, 4.69) is 9.72 Å². The summed E-state index contributed by atoms with van der Waals surface area (Å²) in [5.74, 6) is -0.494. The Morgan fingerprint density at radius 2 is 2.22 bits per heavy atom. The van der Waals surface area contributed by atoms with E-state index in [4.69, 9.17) is 16.3 Å². The van der Waals surface area contributed by atoms with Crippen LogP contribution in [0.5, 0.6) is 0 Å². The Balaban J connectivity index is 2.66. The number of esters is 1. The van der Waals surface area contributed by atoms with E-state index in [1.165, 1.54) is 13.3 Å². The molecule has 0 saturated carbocycles. The molecule has 18 heavy (non-hydrogen) atoms. The highest BCUT2D eigenvalue weighted by molar-refractivity contribution is 6.38. The molecule has 0 aliphatic carbocycles. The van der Waals surface area contributed by atoms with Gasteiger partial charge in [0, 0.05) is 24.4 Å². The van der Waals surface area contributed by atoms with Crippen LogP contribution in [0.15, 0.2) is 12.3 Å². The summed E-state index contributed by atoms with van der Waals surface area (Å²) in [5.41, 5.74) is 1.91. The molecule has 2 heterocycles. The molecule has 0 aliphatic heterocycles. The molecule has 0 amide bonds. The summed E-state index contributed by atoms with van der Waals surface area (Å²) in [7, 11) is 2.92. The van der Waals surface area contributed by atoms with E-state index in [9.17, 15) is 4.79 Å². The number of fused-ring (bicyclic) bond motifs is 1. The molecule has 6 heteroatoms. The number of halogens is 1. The predicted octanol–water partition coefficient (Wildman–Crippen LogP) is 2.39. The van der Waals surface area contributed by atoms with E-state index < -0.39 is 5.97 Å². The number of carbonyl (C=O) groups excluding carboxylic acids is 1. The molecule has 0 N–H and O–H groups in total. The third kappa shape index (κ3) is 1.95. The number of carbonyl (C=O) groups is 1. The van der Waals surface area contributed by atoms with Crippen LogP contribution in [0.1, 0.15) is 16.1 Å². The normalized spacial score (nSPS) is 10.9. The molecular weight excluding hydrogens is 256 g/mol. The minimum atomic E-state index is -0.494. The van der Waals surface area contributed by atoms with E-state index in [-0.39, 0.29) is 5.56 Å². The van der Waals surface area contributed by atoms with Gasteiger partial charge in [0.05, 0.1) is 17.7 Å². The summed E-state index contributed by atoms with van der Waals surface area (Å²) in [6.45, 7) is 2.31. The van der Waals surface area contributed by atoms with E-state index in [1.54, 1.807) is 7.11 Å². The zero-order valence-electron chi connectivity index (χ0n) is 10.4. The molecule has 0 unspecified atom stereocenters. The van der Waals surface area contributed by atoms with Crippen LogP contribution in [0.2, 0.25) is 5.02 Å². The maximum Gasteiger partial charge on any atom is 0.340 e. The average molecular weight is 269 g/mol. The second kappa shape index (κ2) is 4.96. The molecule has 5 nitrogen and oxygen atoms in total. The molecular formula is C12H13ClN2O3. The van der Waals surface area contributed by atoms with Crippen LogP contribution in [-0.4, -0.2) is 29.7 Å². The number of pyridine rings is 1. The number of aromatic nitrogens is 2. The summed E-state index contributed by atoms with van der Waals surface area (Å²) in [4.78, 5) is 15.8. The Bertz CT molecular complexity index is 607. The summed E-state index contributed by atoms with van der Waals surface area (Å²) in [5, 5.41) is 1.07. The van der Waals surface area contributed by atoms with Gasteiger partial charge in [0.25, 0.3) is 0 Å². The van der Waals surface area contributed by atoms with Crippen LogP contribution in [0.3, 0.4) is 0 Å². The quantitative estimate of drug-likeness (QED) is 0.802. The molecule has 0 aliphatic rings. The van der Waals surface area contributed by atoms with Crippen LogP contribution >= 0.6 is 11.6 Å². The van der Waals surface area contributed by atoms with Crippen LogP contribution < -0.4 is 0 Å². The molecule has 0 saturated heterocycles. The van der Waals surface area contributed by atoms with Crippen LogP contribution in [0.4, 0.5) is 0 Å². The predicted molar refractivity (Wildman–Crippen MR) is 67.8 cm³/mol. The number of aryl methyl sites for hydroxylation is 1. The first-order valence-electron chi connectivity index (χ1n) is 5.31. The number of hydrogen-bond donors (Lipinski definition) is 0. The Labute approximate surface area is 109 Å². The minimum absolute atomic E-state index is 0.265. The van der Waals surface area contributed by atoms with Gasteiger partial charge in [-0.25, -0.2) is 9.78 Å². The summed E-state index contributed by atoms with van der Waals surface area (Å²) in [6, 6.07) is 1.87. The van der Waals surface area contributed by atoms with Crippen molar-refractivity contribution in [2.24, 2.45) is 0 Å². The van der Waals surface area contributed by atoms with Gasteiger partial charge >= 0.3 is 5.97 Å². The Hall–Kier alpha value is -1.59. The lowest BCUT2D eigenvalue weighted by molar-refractivity contribution is 0.0600.